The fourth-order valence-corrected chi connectivity index (χ4v) is 2.82. The maximum atomic E-state index is 12.8. The minimum absolute atomic E-state index is 0.0568. The third-order valence-corrected chi connectivity index (χ3v) is 4.17. The van der Waals surface area contributed by atoms with E-state index in [1.165, 1.54) is 18.2 Å². The molecule has 0 bridgehead atoms. The predicted molar refractivity (Wildman–Crippen MR) is 94.5 cm³/mol. The van der Waals surface area contributed by atoms with Gasteiger partial charge in [0, 0.05) is 6.04 Å². The first-order chi connectivity index (χ1) is 13.8. The first-order valence-electron chi connectivity index (χ1n) is 8.68. The molecule has 2 N–H and O–H groups in total. The predicted octanol–water partition coefficient (Wildman–Crippen LogP) is 4.47. The Morgan fingerprint density at radius 1 is 0.867 bits per heavy atom. The molecular formula is C20H17F6NO3. The molecule has 1 atom stereocenters. The fraction of sp³-hybridized carbons (Fsp3) is 0.300. The van der Waals surface area contributed by atoms with E-state index in [0.717, 1.165) is 30.3 Å². The number of rotatable bonds is 7. The molecule has 10 heteroatoms. The summed E-state index contributed by atoms with van der Waals surface area (Å²) in [6.07, 6.45) is -10.1. The number of halogens is 6. The Kier molecular flexibility index (Phi) is 7.12. The second kappa shape index (κ2) is 9.19. The lowest BCUT2D eigenvalue weighted by Gasteiger charge is -2.18. The van der Waals surface area contributed by atoms with Crippen LogP contribution < -0.4 is 5.32 Å². The van der Waals surface area contributed by atoms with Crippen LogP contribution >= 0.6 is 0 Å². The van der Waals surface area contributed by atoms with Gasteiger partial charge in [0.1, 0.15) is 0 Å². The Morgan fingerprint density at radius 3 is 2.00 bits per heavy atom. The van der Waals surface area contributed by atoms with E-state index < -0.39 is 54.2 Å². The lowest BCUT2D eigenvalue weighted by Crippen LogP contribution is -2.39. The number of benzene rings is 2. The van der Waals surface area contributed by atoms with E-state index in [1.54, 1.807) is 0 Å². The lowest BCUT2D eigenvalue weighted by molar-refractivity contribution is -0.138. The van der Waals surface area contributed by atoms with Gasteiger partial charge >= 0.3 is 18.3 Å². The van der Waals surface area contributed by atoms with E-state index >= 15 is 0 Å². The van der Waals surface area contributed by atoms with Crippen molar-refractivity contribution in [3.05, 3.63) is 70.8 Å². The van der Waals surface area contributed by atoms with Crippen LogP contribution in [0.4, 0.5) is 26.3 Å². The Bertz CT molecular complexity index is 891. The number of carboxylic acid groups (broad SMARTS) is 1. The first-order valence-corrected chi connectivity index (χ1v) is 8.68. The second-order valence-electron chi connectivity index (χ2n) is 6.64. The average Bonchev–Trinajstić information content (AvgIpc) is 2.60. The molecule has 162 valence electrons. The van der Waals surface area contributed by atoms with Gasteiger partial charge in [-0.15, -0.1) is 0 Å². The van der Waals surface area contributed by atoms with Crippen molar-refractivity contribution in [3.63, 3.8) is 0 Å². The SMILES string of the molecule is O=C(O)C[C@@H](Cc1ccc(C(F)(F)F)cc1)NC(=O)Cc1cccc(C(F)(F)F)c1. The summed E-state index contributed by atoms with van der Waals surface area (Å²) in [7, 11) is 0. The van der Waals surface area contributed by atoms with E-state index in [4.69, 9.17) is 5.11 Å². The summed E-state index contributed by atoms with van der Waals surface area (Å²) in [6, 6.07) is 7.26. The Labute approximate surface area is 167 Å². The standard InChI is InChI=1S/C20H17F6NO3/c21-19(22,23)14-6-4-12(5-7-14)9-16(11-18(29)30)27-17(28)10-13-2-1-3-15(8-13)20(24,25)26/h1-8,16H,9-11H2,(H,27,28)(H,29,30)/t16-/m1/s1. The largest absolute Gasteiger partial charge is 0.481 e. The van der Waals surface area contributed by atoms with Crippen LogP contribution in [0.5, 0.6) is 0 Å². The van der Waals surface area contributed by atoms with Crippen molar-refractivity contribution in [2.24, 2.45) is 0 Å². The van der Waals surface area contributed by atoms with Gasteiger partial charge in [-0.3, -0.25) is 9.59 Å². The van der Waals surface area contributed by atoms with E-state index in [2.05, 4.69) is 5.32 Å². The maximum Gasteiger partial charge on any atom is 0.416 e. The number of carboxylic acids is 1. The van der Waals surface area contributed by atoms with E-state index in [-0.39, 0.29) is 12.0 Å². The van der Waals surface area contributed by atoms with Crippen molar-refractivity contribution in [2.75, 3.05) is 0 Å². The lowest BCUT2D eigenvalue weighted by atomic mass is 10.0. The van der Waals surface area contributed by atoms with Gasteiger partial charge < -0.3 is 10.4 Å². The molecule has 1 amide bonds. The summed E-state index contributed by atoms with van der Waals surface area (Å²) in [4.78, 5) is 23.3. The highest BCUT2D eigenvalue weighted by molar-refractivity contribution is 5.79. The summed E-state index contributed by atoms with van der Waals surface area (Å²) in [5, 5.41) is 11.4. The highest BCUT2D eigenvalue weighted by Gasteiger charge is 2.31. The van der Waals surface area contributed by atoms with Crippen LogP contribution in [0.2, 0.25) is 0 Å². The van der Waals surface area contributed by atoms with E-state index in [0.29, 0.717) is 5.56 Å². The molecule has 0 unspecified atom stereocenters. The van der Waals surface area contributed by atoms with Gasteiger partial charge in [0.15, 0.2) is 0 Å². The second-order valence-corrected chi connectivity index (χ2v) is 6.64. The topological polar surface area (TPSA) is 66.4 Å². The Balaban J connectivity index is 2.07. The highest BCUT2D eigenvalue weighted by atomic mass is 19.4. The molecule has 0 heterocycles. The van der Waals surface area contributed by atoms with Gasteiger partial charge in [0.25, 0.3) is 0 Å². The molecule has 0 aromatic heterocycles. The van der Waals surface area contributed by atoms with Crippen molar-refractivity contribution in [1.29, 1.82) is 0 Å². The van der Waals surface area contributed by atoms with E-state index in [9.17, 15) is 35.9 Å². The number of hydrogen-bond acceptors (Lipinski definition) is 2. The molecule has 0 radical (unpaired) electrons. The number of alkyl halides is 6. The maximum absolute atomic E-state index is 12.8. The molecule has 4 nitrogen and oxygen atoms in total. The van der Waals surface area contributed by atoms with Crippen LogP contribution in [0, 0.1) is 0 Å². The summed E-state index contributed by atoms with van der Waals surface area (Å²) in [6.45, 7) is 0. The molecule has 2 aromatic rings. The number of carbonyl (C=O) groups excluding carboxylic acids is 1. The quantitative estimate of drug-likeness (QED) is 0.634. The van der Waals surface area contributed by atoms with Gasteiger partial charge in [0.2, 0.25) is 5.91 Å². The fourth-order valence-electron chi connectivity index (χ4n) is 2.82. The third kappa shape index (κ3) is 7.09. The molecule has 2 rings (SSSR count). The summed E-state index contributed by atoms with van der Waals surface area (Å²) >= 11 is 0. The first kappa shape index (κ1) is 23.2. The normalized spacial score (nSPS) is 13.0. The summed E-state index contributed by atoms with van der Waals surface area (Å²) in [5.74, 6) is -1.95. The molecule has 0 aliphatic carbocycles. The van der Waals surface area contributed by atoms with Crippen LogP contribution in [-0.4, -0.2) is 23.0 Å². The minimum atomic E-state index is -4.57. The van der Waals surface area contributed by atoms with Crippen LogP contribution in [0.3, 0.4) is 0 Å². The molecule has 0 saturated carbocycles. The smallest absolute Gasteiger partial charge is 0.416 e. The minimum Gasteiger partial charge on any atom is -0.481 e. The van der Waals surface area contributed by atoms with Crippen LogP contribution in [0.25, 0.3) is 0 Å². The van der Waals surface area contributed by atoms with Crippen molar-refractivity contribution in [1.82, 2.24) is 5.32 Å². The number of hydrogen-bond donors (Lipinski definition) is 2. The number of aliphatic carboxylic acids is 1. The van der Waals surface area contributed by atoms with Crippen LogP contribution in [-0.2, 0) is 34.8 Å². The zero-order chi connectivity index (χ0) is 22.5. The molecule has 0 aliphatic heterocycles. The van der Waals surface area contributed by atoms with Crippen LogP contribution in [0.1, 0.15) is 28.7 Å². The monoisotopic (exact) mass is 433 g/mol. The van der Waals surface area contributed by atoms with Crippen LogP contribution in [0.15, 0.2) is 48.5 Å². The third-order valence-electron chi connectivity index (χ3n) is 4.17. The summed E-state index contributed by atoms with van der Waals surface area (Å²) < 4.78 is 76.2. The zero-order valence-corrected chi connectivity index (χ0v) is 15.3. The van der Waals surface area contributed by atoms with Crippen molar-refractivity contribution < 1.29 is 41.0 Å². The van der Waals surface area contributed by atoms with E-state index in [1.807, 2.05) is 0 Å². The molecule has 0 aliphatic rings. The number of carbonyl (C=O) groups is 2. The molecule has 0 spiro atoms. The Hall–Kier alpha value is -3.04. The van der Waals surface area contributed by atoms with Gasteiger partial charge in [-0.1, -0.05) is 30.3 Å². The Morgan fingerprint density at radius 2 is 1.47 bits per heavy atom. The average molecular weight is 433 g/mol. The van der Waals surface area contributed by atoms with Gasteiger partial charge in [-0.05, 0) is 35.7 Å². The van der Waals surface area contributed by atoms with Crippen molar-refractivity contribution >= 4 is 11.9 Å². The zero-order valence-electron chi connectivity index (χ0n) is 15.3. The molecule has 0 saturated heterocycles. The van der Waals surface area contributed by atoms with Gasteiger partial charge in [-0.25, -0.2) is 0 Å². The van der Waals surface area contributed by atoms with Crippen molar-refractivity contribution in [2.45, 2.75) is 37.7 Å². The number of amides is 1. The van der Waals surface area contributed by atoms with Crippen molar-refractivity contribution in [3.8, 4) is 0 Å². The molecule has 2 aromatic carbocycles. The molecular weight excluding hydrogens is 416 g/mol. The molecule has 30 heavy (non-hydrogen) atoms. The highest BCUT2D eigenvalue weighted by Crippen LogP contribution is 2.30. The summed E-state index contributed by atoms with van der Waals surface area (Å²) in [5.41, 5.74) is -1.33. The number of nitrogens with one attached hydrogen (secondary N) is 1. The molecule has 0 fully saturated rings. The van der Waals surface area contributed by atoms with Gasteiger partial charge in [0.05, 0.1) is 24.0 Å². The van der Waals surface area contributed by atoms with Gasteiger partial charge in [-0.2, -0.15) is 26.3 Å².